The second-order valence-corrected chi connectivity index (χ2v) is 8.97. The van der Waals surface area contributed by atoms with E-state index >= 15 is 0 Å². The highest BCUT2D eigenvalue weighted by molar-refractivity contribution is 7.90. The van der Waals surface area contributed by atoms with Gasteiger partial charge in [0.15, 0.2) is 17.1 Å². The number of carbonyl (C=O) groups excluding carboxylic acids is 2. The largest absolute Gasteiger partial charge is 0.496 e. The monoisotopic (exact) mass is 446 g/mol. The third kappa shape index (κ3) is 2.96. The summed E-state index contributed by atoms with van der Waals surface area (Å²) >= 11 is 6.42. The number of ether oxygens (including phenoxy) is 3. The Hall–Kier alpha value is -2.64. The van der Waals surface area contributed by atoms with Gasteiger partial charge < -0.3 is 14.2 Å². The lowest BCUT2D eigenvalue weighted by molar-refractivity contribution is -0.117. The maximum absolute atomic E-state index is 13.6. The summed E-state index contributed by atoms with van der Waals surface area (Å²) in [6.07, 6.45) is 1.42. The fraction of sp³-hybridized carbons (Fsp3) is 0.273. The van der Waals surface area contributed by atoms with Gasteiger partial charge in [0.05, 0.1) is 29.9 Å². The molecule has 8 heteroatoms. The highest BCUT2D eigenvalue weighted by Crippen LogP contribution is 2.53. The standard InChI is InChI=1S/C22H19ClO6S/c1-12-9-14(24)17(30(26)13-7-5-4-6-8-13)11-22(12)21(25)18-15(27-2)10-16(28-3)19(23)20(18)29-22/h4-8,10-12H,9H2,1-3H3/t12-,22-,30?/m1/s1. The van der Waals surface area contributed by atoms with E-state index in [0.717, 1.165) is 0 Å². The van der Waals surface area contributed by atoms with Gasteiger partial charge in [-0.05, 0) is 18.2 Å². The molecule has 1 spiro atoms. The number of Topliss-reactive ketones (excluding diaryl/α,β-unsaturated/α-hetero) is 2. The van der Waals surface area contributed by atoms with Crippen LogP contribution in [0.15, 0.2) is 52.3 Å². The minimum Gasteiger partial charge on any atom is -0.496 e. The molecule has 0 saturated heterocycles. The normalized spacial score (nSPS) is 23.6. The maximum atomic E-state index is 13.6. The lowest BCUT2D eigenvalue weighted by Gasteiger charge is -2.34. The SMILES string of the molecule is COc1cc(OC)c2c(c1Cl)O[C@@]1(C=C(S(=O)c3ccccc3)C(=O)C[C@H]1C)C2=O. The summed E-state index contributed by atoms with van der Waals surface area (Å²) in [4.78, 5) is 26.8. The third-order valence-corrected chi connectivity index (χ3v) is 7.25. The number of benzene rings is 2. The van der Waals surface area contributed by atoms with E-state index in [1.165, 1.54) is 26.4 Å². The molecule has 0 amide bonds. The Morgan fingerprint density at radius 1 is 1.13 bits per heavy atom. The second kappa shape index (κ2) is 7.56. The van der Waals surface area contributed by atoms with E-state index in [1.54, 1.807) is 37.3 Å². The zero-order valence-electron chi connectivity index (χ0n) is 16.6. The molecule has 1 aliphatic heterocycles. The lowest BCUT2D eigenvalue weighted by Crippen LogP contribution is -2.48. The molecule has 30 heavy (non-hydrogen) atoms. The van der Waals surface area contributed by atoms with E-state index in [2.05, 4.69) is 0 Å². The van der Waals surface area contributed by atoms with Crippen LogP contribution in [0.1, 0.15) is 23.7 Å². The van der Waals surface area contributed by atoms with Gasteiger partial charge in [-0.3, -0.25) is 9.59 Å². The summed E-state index contributed by atoms with van der Waals surface area (Å²) < 4.78 is 29.9. The van der Waals surface area contributed by atoms with Crippen LogP contribution in [-0.2, 0) is 15.6 Å². The first-order valence-corrected chi connectivity index (χ1v) is 10.8. The molecule has 0 radical (unpaired) electrons. The fourth-order valence-corrected chi connectivity index (χ4v) is 5.31. The Morgan fingerprint density at radius 3 is 2.43 bits per heavy atom. The van der Waals surface area contributed by atoms with E-state index in [0.29, 0.717) is 10.6 Å². The summed E-state index contributed by atoms with van der Waals surface area (Å²) in [5.74, 6) is -0.460. The van der Waals surface area contributed by atoms with Crippen molar-refractivity contribution in [1.82, 2.24) is 0 Å². The van der Waals surface area contributed by atoms with Gasteiger partial charge in [-0.2, -0.15) is 0 Å². The van der Waals surface area contributed by atoms with Gasteiger partial charge in [0.25, 0.3) is 0 Å². The summed E-state index contributed by atoms with van der Waals surface area (Å²) in [6, 6.07) is 10.1. The number of rotatable bonds is 4. The van der Waals surface area contributed by atoms with Gasteiger partial charge in [0.1, 0.15) is 22.1 Å². The van der Waals surface area contributed by atoms with E-state index in [-0.39, 0.29) is 45.0 Å². The topological polar surface area (TPSA) is 78.9 Å². The highest BCUT2D eigenvalue weighted by atomic mass is 35.5. The van der Waals surface area contributed by atoms with Crippen LogP contribution in [0, 0.1) is 5.92 Å². The molecule has 2 aliphatic rings. The van der Waals surface area contributed by atoms with Crippen molar-refractivity contribution in [1.29, 1.82) is 0 Å². The zero-order chi connectivity index (χ0) is 21.6. The molecule has 0 fully saturated rings. The number of allylic oxidation sites excluding steroid dienone is 1. The predicted molar refractivity (Wildman–Crippen MR) is 112 cm³/mol. The third-order valence-electron chi connectivity index (χ3n) is 5.45. The molecule has 1 unspecified atom stereocenters. The number of fused-ring (bicyclic) bond motifs is 1. The Labute approximate surface area is 181 Å². The Bertz CT molecular complexity index is 1110. The molecule has 0 bridgehead atoms. The molecule has 3 atom stereocenters. The van der Waals surface area contributed by atoms with Crippen LogP contribution < -0.4 is 14.2 Å². The van der Waals surface area contributed by atoms with Crippen molar-refractivity contribution in [3.8, 4) is 17.2 Å². The second-order valence-electron chi connectivity index (χ2n) is 7.14. The van der Waals surface area contributed by atoms with Crippen LogP contribution in [0.4, 0.5) is 0 Å². The number of hydrogen-bond donors (Lipinski definition) is 0. The number of halogens is 1. The molecule has 6 nitrogen and oxygen atoms in total. The molecule has 4 rings (SSSR count). The molecule has 1 aliphatic carbocycles. The van der Waals surface area contributed by atoms with Crippen molar-refractivity contribution in [2.24, 2.45) is 5.92 Å². The van der Waals surface area contributed by atoms with E-state index in [1.807, 2.05) is 0 Å². The minimum atomic E-state index is -1.75. The van der Waals surface area contributed by atoms with Crippen LogP contribution >= 0.6 is 11.6 Å². The zero-order valence-corrected chi connectivity index (χ0v) is 18.1. The first kappa shape index (κ1) is 20.6. The molecule has 0 saturated carbocycles. The average molecular weight is 447 g/mol. The minimum absolute atomic E-state index is 0.0151. The van der Waals surface area contributed by atoms with Crippen molar-refractivity contribution >= 4 is 34.0 Å². The van der Waals surface area contributed by atoms with Crippen molar-refractivity contribution in [2.75, 3.05) is 14.2 Å². The molecule has 2 aromatic carbocycles. The Balaban J connectivity index is 1.88. The first-order valence-electron chi connectivity index (χ1n) is 9.25. The van der Waals surface area contributed by atoms with Crippen molar-refractivity contribution < 1.29 is 28.0 Å². The number of carbonyl (C=O) groups is 2. The van der Waals surface area contributed by atoms with Crippen molar-refractivity contribution in [3.05, 3.63) is 58.0 Å². The molecule has 1 heterocycles. The predicted octanol–water partition coefficient (Wildman–Crippen LogP) is 3.97. The summed E-state index contributed by atoms with van der Waals surface area (Å²) in [6.45, 7) is 1.75. The Morgan fingerprint density at radius 2 is 1.80 bits per heavy atom. The van der Waals surface area contributed by atoms with Crippen LogP contribution in [0.2, 0.25) is 5.02 Å². The van der Waals surface area contributed by atoms with E-state index in [4.69, 9.17) is 25.8 Å². The summed E-state index contributed by atoms with van der Waals surface area (Å²) in [5, 5.41) is 0.141. The number of ketones is 2. The number of methoxy groups -OCH3 is 2. The van der Waals surface area contributed by atoms with Gasteiger partial charge >= 0.3 is 0 Å². The average Bonchev–Trinajstić information content (AvgIpc) is 3.05. The van der Waals surface area contributed by atoms with Gasteiger partial charge in [0.2, 0.25) is 5.78 Å². The molecular formula is C22H19ClO6S. The van der Waals surface area contributed by atoms with E-state index < -0.39 is 22.3 Å². The highest BCUT2D eigenvalue weighted by Gasteiger charge is 2.56. The van der Waals surface area contributed by atoms with Gasteiger partial charge in [-0.15, -0.1) is 0 Å². The summed E-state index contributed by atoms with van der Waals surface area (Å²) in [5.41, 5.74) is -1.31. The molecule has 156 valence electrons. The molecule has 0 N–H and O–H groups in total. The molecular weight excluding hydrogens is 428 g/mol. The van der Waals surface area contributed by atoms with Crippen LogP contribution in [-0.4, -0.2) is 35.6 Å². The van der Waals surface area contributed by atoms with Crippen molar-refractivity contribution in [3.63, 3.8) is 0 Å². The summed E-state index contributed by atoms with van der Waals surface area (Å²) in [7, 11) is 1.13. The van der Waals surface area contributed by atoms with E-state index in [9.17, 15) is 13.8 Å². The fourth-order valence-electron chi connectivity index (χ4n) is 3.81. The van der Waals surface area contributed by atoms with Crippen LogP contribution in [0.5, 0.6) is 17.2 Å². The first-order chi connectivity index (χ1) is 14.3. The smallest absolute Gasteiger partial charge is 0.218 e. The number of hydrogen-bond acceptors (Lipinski definition) is 6. The quantitative estimate of drug-likeness (QED) is 0.707. The van der Waals surface area contributed by atoms with Crippen LogP contribution in [0.25, 0.3) is 0 Å². The molecule has 2 aromatic rings. The lowest BCUT2D eigenvalue weighted by atomic mass is 9.77. The molecule has 0 aromatic heterocycles. The van der Waals surface area contributed by atoms with Gasteiger partial charge in [-0.1, -0.05) is 36.7 Å². The maximum Gasteiger partial charge on any atom is 0.218 e. The van der Waals surface area contributed by atoms with Crippen molar-refractivity contribution in [2.45, 2.75) is 23.8 Å². The Kier molecular flexibility index (Phi) is 5.20. The van der Waals surface area contributed by atoms with Gasteiger partial charge in [0, 0.05) is 23.3 Å². The van der Waals surface area contributed by atoms with Crippen LogP contribution in [0.3, 0.4) is 0 Å². The van der Waals surface area contributed by atoms with Gasteiger partial charge in [-0.25, -0.2) is 4.21 Å².